The molecule has 1 aromatic carbocycles. The number of piperidine rings is 1. The van der Waals surface area contributed by atoms with Crippen LogP contribution in [0.2, 0.25) is 5.02 Å². The van der Waals surface area contributed by atoms with Gasteiger partial charge in [0.25, 0.3) is 5.91 Å². The van der Waals surface area contributed by atoms with Gasteiger partial charge in [0.15, 0.2) is 0 Å². The van der Waals surface area contributed by atoms with Crippen molar-refractivity contribution in [1.29, 1.82) is 0 Å². The standard InChI is InChI=1S/C28H28ClN5O2/c1-36-26-7-4-5-23(30-26)28(35)34-16-19-8-13-22(34)17-32(15-19)18-24-27(20-9-11-21(29)12-10-20)31-25-6-2-3-14-33(24)25/h2-7,9-12,14,19,22H,8,13,15-18H2,1H3. The number of aromatic nitrogens is 3. The molecule has 0 aliphatic carbocycles. The van der Waals surface area contributed by atoms with Crippen LogP contribution in [0.3, 0.4) is 0 Å². The van der Waals surface area contributed by atoms with Gasteiger partial charge in [-0.1, -0.05) is 35.9 Å². The molecule has 184 valence electrons. The molecule has 8 heteroatoms. The van der Waals surface area contributed by atoms with Gasteiger partial charge < -0.3 is 14.0 Å². The first-order chi connectivity index (χ1) is 17.6. The van der Waals surface area contributed by atoms with Gasteiger partial charge in [-0.2, -0.15) is 0 Å². The number of carbonyl (C=O) groups excluding carboxylic acids is 1. The molecule has 0 saturated carbocycles. The molecule has 6 heterocycles. The number of benzene rings is 1. The number of pyridine rings is 2. The number of halogens is 1. The summed E-state index contributed by atoms with van der Waals surface area (Å²) >= 11 is 6.15. The molecule has 2 bridgehead atoms. The van der Waals surface area contributed by atoms with E-state index < -0.39 is 0 Å². The van der Waals surface area contributed by atoms with Gasteiger partial charge >= 0.3 is 0 Å². The maximum atomic E-state index is 13.4. The zero-order valence-electron chi connectivity index (χ0n) is 20.2. The molecular weight excluding hydrogens is 474 g/mol. The third-order valence-corrected chi connectivity index (χ3v) is 7.57. The van der Waals surface area contributed by atoms with Crippen LogP contribution < -0.4 is 4.74 Å². The third-order valence-electron chi connectivity index (χ3n) is 7.32. The normalized spacial score (nSPS) is 20.0. The lowest BCUT2D eigenvalue weighted by molar-refractivity contribution is 0.0578. The van der Waals surface area contributed by atoms with Crippen LogP contribution in [0, 0.1) is 5.92 Å². The molecular formula is C28H28ClN5O2. The maximum absolute atomic E-state index is 13.4. The fourth-order valence-corrected chi connectivity index (χ4v) is 5.73. The maximum Gasteiger partial charge on any atom is 0.272 e. The van der Waals surface area contributed by atoms with E-state index in [0.717, 1.165) is 61.6 Å². The number of fused-ring (bicyclic) bond motifs is 5. The van der Waals surface area contributed by atoms with Crippen LogP contribution >= 0.6 is 11.6 Å². The molecule has 7 nitrogen and oxygen atoms in total. The van der Waals surface area contributed by atoms with E-state index in [2.05, 4.69) is 20.5 Å². The van der Waals surface area contributed by atoms with E-state index in [4.69, 9.17) is 21.3 Å². The van der Waals surface area contributed by atoms with Gasteiger partial charge in [-0.25, -0.2) is 9.97 Å². The molecule has 3 aliphatic heterocycles. The van der Waals surface area contributed by atoms with Crippen molar-refractivity contribution in [2.45, 2.75) is 25.4 Å². The van der Waals surface area contributed by atoms with Crippen molar-refractivity contribution in [2.24, 2.45) is 5.92 Å². The summed E-state index contributed by atoms with van der Waals surface area (Å²) in [5.41, 5.74) is 4.55. The highest BCUT2D eigenvalue weighted by Gasteiger charge is 2.38. The Morgan fingerprint density at radius 2 is 1.86 bits per heavy atom. The van der Waals surface area contributed by atoms with Gasteiger partial charge in [0.2, 0.25) is 5.88 Å². The zero-order valence-corrected chi connectivity index (χ0v) is 20.9. The Morgan fingerprint density at radius 3 is 2.69 bits per heavy atom. The van der Waals surface area contributed by atoms with Gasteiger partial charge in [-0.3, -0.25) is 9.69 Å². The number of rotatable bonds is 5. The van der Waals surface area contributed by atoms with Crippen molar-refractivity contribution in [3.63, 3.8) is 0 Å². The number of hydrogen-bond donors (Lipinski definition) is 0. The fourth-order valence-electron chi connectivity index (χ4n) is 5.60. The summed E-state index contributed by atoms with van der Waals surface area (Å²) in [4.78, 5) is 27.3. The molecule has 4 aromatic rings. The first-order valence-corrected chi connectivity index (χ1v) is 12.7. The van der Waals surface area contributed by atoms with Crippen molar-refractivity contribution in [3.05, 3.63) is 83.3 Å². The summed E-state index contributed by atoms with van der Waals surface area (Å²) in [6, 6.07) is 19.5. The molecule has 3 aromatic heterocycles. The topological polar surface area (TPSA) is 63.0 Å². The fraction of sp³-hybridized carbons (Fsp3) is 0.321. The first-order valence-electron chi connectivity index (χ1n) is 12.4. The van der Waals surface area contributed by atoms with Crippen LogP contribution in [-0.2, 0) is 6.54 Å². The number of carbonyl (C=O) groups is 1. The van der Waals surface area contributed by atoms with Gasteiger partial charge in [-0.15, -0.1) is 0 Å². The highest BCUT2D eigenvalue weighted by Crippen LogP contribution is 2.32. The average molecular weight is 502 g/mol. The number of hydrogen-bond acceptors (Lipinski definition) is 5. The Morgan fingerprint density at radius 1 is 1.00 bits per heavy atom. The predicted octanol–water partition coefficient (Wildman–Crippen LogP) is 4.79. The van der Waals surface area contributed by atoms with Crippen LogP contribution in [0.5, 0.6) is 5.88 Å². The Labute approximate surface area is 215 Å². The van der Waals surface area contributed by atoms with Crippen molar-refractivity contribution >= 4 is 23.2 Å². The van der Waals surface area contributed by atoms with Crippen molar-refractivity contribution in [2.75, 3.05) is 26.7 Å². The van der Waals surface area contributed by atoms with E-state index in [9.17, 15) is 4.79 Å². The molecule has 2 atom stereocenters. The molecule has 7 rings (SSSR count). The second-order valence-corrected chi connectivity index (χ2v) is 10.1. The van der Waals surface area contributed by atoms with Gasteiger partial charge in [0.05, 0.1) is 18.5 Å². The summed E-state index contributed by atoms with van der Waals surface area (Å²) in [6.45, 7) is 3.30. The number of nitrogens with zero attached hydrogens (tertiary/aromatic N) is 5. The Balaban J connectivity index is 1.29. The predicted molar refractivity (Wildman–Crippen MR) is 139 cm³/mol. The largest absolute Gasteiger partial charge is 0.481 e. The number of ether oxygens (including phenoxy) is 1. The smallest absolute Gasteiger partial charge is 0.272 e. The third kappa shape index (κ3) is 4.33. The lowest BCUT2D eigenvalue weighted by Crippen LogP contribution is -2.47. The van der Waals surface area contributed by atoms with Crippen LogP contribution in [0.4, 0.5) is 0 Å². The molecule has 36 heavy (non-hydrogen) atoms. The van der Waals surface area contributed by atoms with Gasteiger partial charge in [-0.05, 0) is 49.1 Å². The monoisotopic (exact) mass is 501 g/mol. The van der Waals surface area contributed by atoms with E-state index in [-0.39, 0.29) is 11.9 Å². The summed E-state index contributed by atoms with van der Waals surface area (Å²) in [6.07, 6.45) is 4.22. The minimum absolute atomic E-state index is 0.0119. The second-order valence-electron chi connectivity index (χ2n) is 9.66. The van der Waals surface area contributed by atoms with Gasteiger partial charge in [0.1, 0.15) is 11.3 Å². The Bertz CT molecular complexity index is 1400. The summed E-state index contributed by atoms with van der Waals surface area (Å²) in [7, 11) is 1.57. The molecule has 0 spiro atoms. The molecule has 1 amide bonds. The first kappa shape index (κ1) is 23.0. The lowest BCUT2D eigenvalue weighted by atomic mass is 9.94. The minimum Gasteiger partial charge on any atom is -0.481 e. The zero-order chi connectivity index (χ0) is 24.6. The molecule has 3 fully saturated rings. The quantitative estimate of drug-likeness (QED) is 0.393. The van der Waals surface area contributed by atoms with E-state index in [1.165, 1.54) is 0 Å². The van der Waals surface area contributed by atoms with Crippen molar-refractivity contribution in [1.82, 2.24) is 24.2 Å². The summed E-state index contributed by atoms with van der Waals surface area (Å²) < 4.78 is 7.42. The Hall–Kier alpha value is -3.42. The molecule has 2 unspecified atom stereocenters. The number of amides is 1. The van der Waals surface area contributed by atoms with E-state index in [1.54, 1.807) is 19.2 Å². The van der Waals surface area contributed by atoms with E-state index >= 15 is 0 Å². The van der Waals surface area contributed by atoms with Crippen LogP contribution in [0.1, 0.15) is 29.0 Å². The average Bonchev–Trinajstić information content (AvgIpc) is 3.04. The summed E-state index contributed by atoms with van der Waals surface area (Å²) in [5.74, 6) is 0.878. The minimum atomic E-state index is -0.0119. The van der Waals surface area contributed by atoms with Crippen molar-refractivity contribution in [3.8, 4) is 17.1 Å². The van der Waals surface area contributed by atoms with E-state index in [1.807, 2.05) is 53.4 Å². The van der Waals surface area contributed by atoms with Gasteiger partial charge in [0, 0.05) is 55.1 Å². The SMILES string of the molecule is COc1cccc(C(=O)N2CC3CCC2CN(Cc2c(-c4ccc(Cl)cc4)nc4ccccn24)C3)n1. The molecule has 3 saturated heterocycles. The molecule has 3 aliphatic rings. The van der Waals surface area contributed by atoms with Crippen LogP contribution in [0.25, 0.3) is 16.9 Å². The lowest BCUT2D eigenvalue weighted by Gasteiger charge is -2.36. The molecule has 0 radical (unpaired) electrons. The van der Waals surface area contributed by atoms with E-state index in [0.29, 0.717) is 22.5 Å². The van der Waals surface area contributed by atoms with Crippen molar-refractivity contribution < 1.29 is 9.53 Å². The summed E-state index contributed by atoms with van der Waals surface area (Å²) in [5, 5.41) is 0.712. The second kappa shape index (κ2) is 9.56. The number of methoxy groups -OCH3 is 1. The van der Waals surface area contributed by atoms with Crippen LogP contribution in [0.15, 0.2) is 66.9 Å². The number of imidazole rings is 1. The highest BCUT2D eigenvalue weighted by molar-refractivity contribution is 6.30. The molecule has 0 N–H and O–H groups in total. The highest BCUT2D eigenvalue weighted by atomic mass is 35.5. The van der Waals surface area contributed by atoms with Crippen LogP contribution in [-0.4, -0.2) is 62.9 Å². The Kier molecular flexibility index (Phi) is 6.11.